The summed E-state index contributed by atoms with van der Waals surface area (Å²) in [6.07, 6.45) is 0. The maximum absolute atomic E-state index is 10.4. The summed E-state index contributed by atoms with van der Waals surface area (Å²) >= 11 is 0. The molecule has 3 rings (SSSR count). The number of phenols is 6. The van der Waals surface area contributed by atoms with Gasteiger partial charge in [-0.15, -0.1) is 0 Å². The molecule has 0 saturated heterocycles. The predicted molar refractivity (Wildman–Crippen MR) is 182 cm³/mol. The van der Waals surface area contributed by atoms with Gasteiger partial charge in [0.15, 0.2) is 34.5 Å². The summed E-state index contributed by atoms with van der Waals surface area (Å²) in [5, 5.41) is 57.7. The molecular weight excluding hydrogens is 795 g/mol. The fourth-order valence-corrected chi connectivity index (χ4v) is 5.25. The van der Waals surface area contributed by atoms with E-state index in [9.17, 15) is 73.7 Å². The van der Waals surface area contributed by atoms with Crippen LogP contribution in [0.25, 0.3) is 0 Å². The molecule has 0 heterocycles. The van der Waals surface area contributed by atoms with Crippen LogP contribution in [0, 0.1) is 0 Å². The van der Waals surface area contributed by atoms with Crippen LogP contribution in [-0.4, -0.2) is 65.4 Å². The monoisotopic (exact) mass is 834 g/mol. The molecule has 0 aliphatic carbocycles. The number of hydrogen-bond acceptors (Lipinski definition) is 18. The molecule has 0 atom stereocenters. The second-order valence-electron chi connectivity index (χ2n) is 13.8. The zero-order chi connectivity index (χ0) is 40.3. The Labute approximate surface area is 327 Å². The third-order valence-corrected chi connectivity index (χ3v) is 7.66. The summed E-state index contributed by atoms with van der Waals surface area (Å²) in [5.74, 6) is -5.51. The molecule has 0 bridgehead atoms. The molecule has 0 aromatic heterocycles. The van der Waals surface area contributed by atoms with Crippen LogP contribution in [0.2, 0.25) is 0 Å². The first-order chi connectivity index (χ1) is 22.6. The van der Waals surface area contributed by atoms with E-state index in [1.807, 2.05) is 0 Å². The molecule has 3 aromatic carbocycles. The summed E-state index contributed by atoms with van der Waals surface area (Å²) in [4.78, 5) is 62.4. The maximum atomic E-state index is 10.4. The summed E-state index contributed by atoms with van der Waals surface area (Å²) in [6.45, 7) is 16.2. The smallest absolute Gasteiger partial charge is 0.780 e. The number of benzene rings is 3. The van der Waals surface area contributed by atoms with Gasteiger partial charge in [0.05, 0.1) is 0 Å². The van der Waals surface area contributed by atoms with E-state index < -0.39 is 91.5 Å². The first-order valence-electron chi connectivity index (χ1n) is 14.4. The maximum Gasteiger partial charge on any atom is 3.00 e. The first kappa shape index (κ1) is 52.5. The van der Waals surface area contributed by atoms with Crippen LogP contribution in [-0.2, 0) is 29.9 Å². The molecule has 0 fully saturated rings. The van der Waals surface area contributed by atoms with Crippen LogP contribution in [0.4, 0.5) is 0 Å². The Bertz CT molecular complexity index is 1640. The molecule has 0 unspecified atom stereocenters. The van der Waals surface area contributed by atoms with E-state index >= 15 is 0 Å². The Balaban J connectivity index is 0. The van der Waals surface area contributed by atoms with Gasteiger partial charge in [0.25, 0.3) is 0 Å². The Morgan fingerprint density at radius 2 is 0.566 bits per heavy atom. The first-order valence-corrected chi connectivity index (χ1v) is 18.8. The third kappa shape index (κ3) is 16.7. The van der Waals surface area contributed by atoms with Gasteiger partial charge in [0.2, 0.25) is 17.2 Å². The van der Waals surface area contributed by atoms with Crippen molar-refractivity contribution in [1.29, 1.82) is 0 Å². The molecule has 0 amide bonds. The van der Waals surface area contributed by atoms with Gasteiger partial charge in [-0.25, -0.2) is 0 Å². The Morgan fingerprint density at radius 1 is 0.396 bits per heavy atom. The molecule has 23 heteroatoms. The van der Waals surface area contributed by atoms with E-state index in [2.05, 4.69) is 13.6 Å². The van der Waals surface area contributed by atoms with Gasteiger partial charge in [0.1, 0.15) is 23.5 Å². The van der Waals surface area contributed by atoms with Crippen LogP contribution in [0.1, 0.15) is 79.0 Å². The van der Waals surface area contributed by atoms with Crippen molar-refractivity contribution in [2.45, 2.75) is 78.6 Å². The Kier molecular flexibility index (Phi) is 18.6. The van der Waals surface area contributed by atoms with Gasteiger partial charge < -0.3 is 87.3 Å². The standard InChI is InChI=1S/3C10H15O6P.2Al/c3*1-10(2,3)6-4-5-7(9(12)8(6)11)16-17(13,14)15;;/h3*4-5,11-12H,1-3H3,(H2,13,14,15);;/q;;;2*+3/p-6. The minimum absolute atomic E-state index is 0. The van der Waals surface area contributed by atoms with Crippen molar-refractivity contribution in [3.63, 3.8) is 0 Å². The molecule has 0 aliphatic heterocycles. The van der Waals surface area contributed by atoms with Gasteiger partial charge in [-0.05, 0) is 34.4 Å². The Hall–Kier alpha value is -2.63. The molecule has 18 nitrogen and oxygen atoms in total. The van der Waals surface area contributed by atoms with Crippen LogP contribution in [0.15, 0.2) is 36.4 Å². The van der Waals surface area contributed by atoms with Gasteiger partial charge in [0, 0.05) is 16.7 Å². The normalized spacial score (nSPS) is 12.1. The largest absolute Gasteiger partial charge is 3.00 e. The van der Waals surface area contributed by atoms with E-state index in [1.54, 1.807) is 62.3 Å². The minimum atomic E-state index is -5.26. The van der Waals surface area contributed by atoms with Gasteiger partial charge in [-0.3, -0.25) is 0 Å². The summed E-state index contributed by atoms with van der Waals surface area (Å²) in [6, 6.07) is 7.54. The molecule has 6 N–H and O–H groups in total. The number of aromatic hydroxyl groups is 6. The van der Waals surface area contributed by atoms with Crippen molar-refractivity contribution in [3.8, 4) is 51.7 Å². The topological polar surface area (TPSA) is 339 Å². The van der Waals surface area contributed by atoms with Crippen LogP contribution in [0.3, 0.4) is 0 Å². The Morgan fingerprint density at radius 3 is 0.698 bits per heavy atom. The average Bonchev–Trinajstić information content (AvgIpc) is 2.89. The molecule has 288 valence electrons. The van der Waals surface area contributed by atoms with E-state index in [0.717, 1.165) is 18.2 Å². The molecule has 53 heavy (non-hydrogen) atoms. The van der Waals surface area contributed by atoms with Crippen molar-refractivity contribution >= 4 is 58.2 Å². The summed E-state index contributed by atoms with van der Waals surface area (Å²) < 4.78 is 43.3. The quantitative estimate of drug-likeness (QED) is 0.115. The number of phosphoric ester groups is 3. The van der Waals surface area contributed by atoms with Crippen molar-refractivity contribution in [3.05, 3.63) is 53.1 Å². The van der Waals surface area contributed by atoms with Gasteiger partial charge >= 0.3 is 34.7 Å². The SMILES string of the molecule is CC(C)(C)c1ccc(OP(=O)([O-])[O-])c(O)c1O.CC(C)(C)c1ccc(OP(=O)([O-])[O-])c(O)c1O.CC(C)(C)c1ccc(OP(=O)([O-])[O-])c(O)c1O.[Al+3].[Al+3]. The van der Waals surface area contributed by atoms with E-state index in [1.165, 1.54) is 18.2 Å². The molecule has 0 radical (unpaired) electrons. The fourth-order valence-electron chi connectivity index (χ4n) is 4.08. The second kappa shape index (κ2) is 18.8. The van der Waals surface area contributed by atoms with Crippen LogP contribution in [0.5, 0.6) is 51.7 Å². The van der Waals surface area contributed by atoms with Gasteiger partial charge in [-0.1, -0.05) is 80.5 Å². The summed E-state index contributed by atoms with van der Waals surface area (Å²) in [7, 11) is -15.8. The average molecular weight is 835 g/mol. The second-order valence-corrected chi connectivity index (χ2v) is 17.0. The molecule has 0 saturated carbocycles. The fraction of sp³-hybridized carbons (Fsp3) is 0.400. The molecule has 0 aliphatic rings. The number of rotatable bonds is 6. The van der Waals surface area contributed by atoms with Crippen molar-refractivity contribution in [2.24, 2.45) is 0 Å². The number of phenolic OH excluding ortho intramolecular Hbond substituents is 6. The van der Waals surface area contributed by atoms with E-state index in [-0.39, 0.29) is 34.7 Å². The van der Waals surface area contributed by atoms with E-state index in [0.29, 0.717) is 16.7 Å². The number of phosphoric acid groups is 3. The zero-order valence-corrected chi connectivity index (χ0v) is 35.0. The van der Waals surface area contributed by atoms with Crippen LogP contribution >= 0.6 is 23.5 Å². The third-order valence-electron chi connectivity index (χ3n) is 6.40. The van der Waals surface area contributed by atoms with Gasteiger partial charge in [-0.2, -0.15) is 0 Å². The summed E-state index contributed by atoms with van der Waals surface area (Å²) in [5.41, 5.74) is -0.104. The molecule has 3 aromatic rings. The zero-order valence-electron chi connectivity index (χ0n) is 30.0. The molecule has 0 spiro atoms. The van der Waals surface area contributed by atoms with Crippen molar-refractivity contribution in [2.75, 3.05) is 0 Å². The van der Waals surface area contributed by atoms with E-state index in [4.69, 9.17) is 0 Å². The molecular formula is C30H39Al2O18P3. The number of hydrogen-bond donors (Lipinski definition) is 6. The van der Waals surface area contributed by atoms with Crippen LogP contribution < -0.4 is 42.9 Å². The van der Waals surface area contributed by atoms with Crippen molar-refractivity contribution < 1.29 is 87.3 Å². The van der Waals surface area contributed by atoms with Crippen molar-refractivity contribution in [1.82, 2.24) is 0 Å². The minimum Gasteiger partial charge on any atom is -0.780 e. The predicted octanol–water partition coefficient (Wildman–Crippen LogP) is 1.05.